The van der Waals surface area contributed by atoms with Crippen molar-refractivity contribution in [3.63, 3.8) is 0 Å². The van der Waals surface area contributed by atoms with Crippen LogP contribution in [-0.4, -0.2) is 5.78 Å². The van der Waals surface area contributed by atoms with Gasteiger partial charge in [0, 0.05) is 12.8 Å². The van der Waals surface area contributed by atoms with Gasteiger partial charge in [-0.1, -0.05) is 64.8 Å². The minimum absolute atomic E-state index is 0. The Labute approximate surface area is 95.3 Å². The lowest BCUT2D eigenvalue weighted by molar-refractivity contribution is -0.118. The van der Waals surface area contributed by atoms with Crippen LogP contribution in [0.3, 0.4) is 0 Å². The maximum Gasteiger partial charge on any atom is 0.132 e. The Balaban J connectivity index is -0.0000000163. The van der Waals surface area contributed by atoms with Crippen LogP contribution in [0.5, 0.6) is 0 Å². The maximum absolute atomic E-state index is 10.6. The molecular formula is C13H38O. The van der Waals surface area contributed by atoms with Crippen LogP contribution >= 0.6 is 0 Å². The molecule has 0 spiro atoms. The molecule has 0 aromatic rings. The van der Waals surface area contributed by atoms with Crippen molar-refractivity contribution < 1.29 is 4.79 Å². The van der Waals surface area contributed by atoms with E-state index in [2.05, 4.69) is 6.92 Å². The molecule has 14 heavy (non-hydrogen) atoms. The van der Waals surface area contributed by atoms with Gasteiger partial charge >= 0.3 is 0 Å². The monoisotopic (exact) mass is 210 g/mol. The first-order valence-corrected chi connectivity index (χ1v) is 3.33. The Kier molecular flexibility index (Phi) is 137. The van der Waals surface area contributed by atoms with Crippen LogP contribution in [0.4, 0.5) is 0 Å². The second-order valence-electron chi connectivity index (χ2n) is 2.00. The maximum atomic E-state index is 10.6. The van der Waals surface area contributed by atoms with E-state index >= 15 is 0 Å². The molecule has 0 atom stereocenters. The molecule has 0 aromatic carbocycles. The number of hydrogen-bond donors (Lipinski definition) is 0. The van der Waals surface area contributed by atoms with Crippen LogP contribution in [0.15, 0.2) is 0 Å². The van der Waals surface area contributed by atoms with Gasteiger partial charge in [0.15, 0.2) is 0 Å². The zero-order valence-electron chi connectivity index (χ0n) is 5.74. The predicted molar refractivity (Wildman–Crippen MR) is 75.2 cm³/mol. The van der Waals surface area contributed by atoms with Crippen molar-refractivity contribution in [2.75, 3.05) is 0 Å². The summed E-state index contributed by atoms with van der Waals surface area (Å²) >= 11 is 0. The molecule has 1 heteroatoms. The van der Waals surface area contributed by atoms with E-state index in [0.717, 1.165) is 19.3 Å². The zero-order valence-corrected chi connectivity index (χ0v) is 5.74. The van der Waals surface area contributed by atoms with Crippen molar-refractivity contribution in [1.82, 2.24) is 0 Å². The quantitative estimate of drug-likeness (QED) is 0.558. The fourth-order valence-corrected chi connectivity index (χ4v) is 0.551. The molecule has 1 nitrogen and oxygen atoms in total. The summed E-state index contributed by atoms with van der Waals surface area (Å²) in [7, 11) is 0. The van der Waals surface area contributed by atoms with Gasteiger partial charge in [-0.05, 0) is 6.42 Å². The smallest absolute Gasteiger partial charge is 0.132 e. The molecule has 0 heterocycles. The SMILES string of the molecule is C.C.C.C.C.C.CCCCC(=O)CC. The molecule has 0 radical (unpaired) electrons. The molecule has 0 unspecified atom stereocenters. The number of ketones is 1. The van der Waals surface area contributed by atoms with Crippen molar-refractivity contribution in [3.05, 3.63) is 0 Å². The fourth-order valence-electron chi connectivity index (χ4n) is 0.551. The standard InChI is InChI=1S/C7H14O.6CH4/c1-3-5-6-7(8)4-2;;;;;;/h3-6H2,1-2H3;6*1H4. The molecule has 0 saturated heterocycles. The number of Topliss-reactive ketones (excluding diaryl/α,β-unsaturated/α-hetero) is 1. The number of rotatable bonds is 4. The minimum atomic E-state index is 0. The van der Waals surface area contributed by atoms with Crippen molar-refractivity contribution in [2.24, 2.45) is 0 Å². The average Bonchev–Trinajstić information content (AvgIpc) is 1.83. The van der Waals surface area contributed by atoms with Crippen molar-refractivity contribution in [1.29, 1.82) is 0 Å². The molecule has 0 saturated carbocycles. The van der Waals surface area contributed by atoms with E-state index < -0.39 is 0 Å². The van der Waals surface area contributed by atoms with Gasteiger partial charge in [-0.25, -0.2) is 0 Å². The Morgan fingerprint density at radius 2 is 1.21 bits per heavy atom. The molecule has 0 N–H and O–H groups in total. The summed E-state index contributed by atoms with van der Waals surface area (Å²) in [5.41, 5.74) is 0. The Morgan fingerprint density at radius 1 is 0.857 bits per heavy atom. The second-order valence-corrected chi connectivity index (χ2v) is 2.00. The third kappa shape index (κ3) is 41.3. The third-order valence-electron chi connectivity index (χ3n) is 1.20. The molecule has 0 aliphatic rings. The summed E-state index contributed by atoms with van der Waals surface area (Å²) in [5.74, 6) is 0.395. The van der Waals surface area contributed by atoms with Crippen LogP contribution < -0.4 is 0 Å². The molecule has 0 aromatic heterocycles. The van der Waals surface area contributed by atoms with Crippen LogP contribution in [0, 0.1) is 0 Å². The van der Waals surface area contributed by atoms with Gasteiger partial charge in [-0.3, -0.25) is 4.79 Å². The van der Waals surface area contributed by atoms with Crippen LogP contribution in [0.25, 0.3) is 0 Å². The van der Waals surface area contributed by atoms with E-state index in [1.54, 1.807) is 0 Å². The van der Waals surface area contributed by atoms with Gasteiger partial charge in [-0.2, -0.15) is 0 Å². The van der Waals surface area contributed by atoms with E-state index in [4.69, 9.17) is 0 Å². The van der Waals surface area contributed by atoms with Gasteiger partial charge in [0.2, 0.25) is 0 Å². The summed E-state index contributed by atoms with van der Waals surface area (Å²) in [6, 6.07) is 0. The summed E-state index contributed by atoms with van der Waals surface area (Å²) in [5, 5.41) is 0. The molecular weight excluding hydrogens is 172 g/mol. The van der Waals surface area contributed by atoms with Gasteiger partial charge in [0.25, 0.3) is 0 Å². The summed E-state index contributed by atoms with van der Waals surface area (Å²) < 4.78 is 0. The first-order chi connectivity index (χ1) is 3.81. The molecule has 0 fully saturated rings. The molecule has 0 aliphatic heterocycles. The predicted octanol–water partition coefficient (Wildman–Crippen LogP) is 5.97. The molecule has 0 rings (SSSR count). The highest BCUT2D eigenvalue weighted by molar-refractivity contribution is 5.77. The van der Waals surface area contributed by atoms with Crippen LogP contribution in [0.1, 0.15) is 84.1 Å². The topological polar surface area (TPSA) is 17.1 Å². The van der Waals surface area contributed by atoms with E-state index in [1.807, 2.05) is 6.92 Å². The lowest BCUT2D eigenvalue weighted by Crippen LogP contribution is -1.92. The normalized spacial score (nSPS) is 5.29. The Hall–Kier alpha value is -0.330. The Morgan fingerprint density at radius 3 is 1.43 bits per heavy atom. The zero-order chi connectivity index (χ0) is 6.41. The van der Waals surface area contributed by atoms with E-state index in [-0.39, 0.29) is 44.6 Å². The molecule has 96 valence electrons. The van der Waals surface area contributed by atoms with E-state index in [9.17, 15) is 4.79 Å². The first-order valence-electron chi connectivity index (χ1n) is 3.33. The van der Waals surface area contributed by atoms with Crippen LogP contribution in [0.2, 0.25) is 0 Å². The van der Waals surface area contributed by atoms with Gasteiger partial charge in [0.05, 0.1) is 0 Å². The number of unbranched alkanes of at least 4 members (excludes halogenated alkanes) is 1. The third-order valence-corrected chi connectivity index (χ3v) is 1.20. The average molecular weight is 210 g/mol. The highest BCUT2D eigenvalue weighted by atomic mass is 16.1. The number of carbonyl (C=O) groups is 1. The van der Waals surface area contributed by atoms with E-state index in [0.29, 0.717) is 12.2 Å². The first kappa shape index (κ1) is 49.3. The van der Waals surface area contributed by atoms with Crippen LogP contribution in [-0.2, 0) is 4.79 Å². The molecule has 0 bridgehead atoms. The van der Waals surface area contributed by atoms with Gasteiger partial charge < -0.3 is 0 Å². The Bertz CT molecular complexity index is 67.6. The van der Waals surface area contributed by atoms with E-state index in [1.165, 1.54) is 0 Å². The minimum Gasteiger partial charge on any atom is -0.300 e. The summed E-state index contributed by atoms with van der Waals surface area (Å²) in [4.78, 5) is 10.6. The summed E-state index contributed by atoms with van der Waals surface area (Å²) in [6.45, 7) is 4.01. The largest absolute Gasteiger partial charge is 0.300 e. The van der Waals surface area contributed by atoms with Crippen molar-refractivity contribution in [3.8, 4) is 0 Å². The lowest BCUT2D eigenvalue weighted by atomic mass is 10.1. The fraction of sp³-hybridized carbons (Fsp3) is 0.923. The second kappa shape index (κ2) is 38.8. The van der Waals surface area contributed by atoms with Crippen molar-refractivity contribution in [2.45, 2.75) is 84.1 Å². The molecule has 0 aliphatic carbocycles. The number of hydrogen-bond acceptors (Lipinski definition) is 1. The van der Waals surface area contributed by atoms with Gasteiger partial charge in [-0.15, -0.1) is 0 Å². The van der Waals surface area contributed by atoms with Gasteiger partial charge in [0.1, 0.15) is 5.78 Å². The van der Waals surface area contributed by atoms with Crippen molar-refractivity contribution >= 4 is 5.78 Å². The highest BCUT2D eigenvalue weighted by Gasteiger charge is 1.93. The lowest BCUT2D eigenvalue weighted by Gasteiger charge is -1.91. The number of carbonyl (C=O) groups excluding carboxylic acids is 1. The molecule has 0 amide bonds. The summed E-state index contributed by atoms with van der Waals surface area (Å²) in [6.07, 6.45) is 3.69. The highest BCUT2D eigenvalue weighted by Crippen LogP contribution is 1.96.